The number of hydrogen-bond donors (Lipinski definition) is 1. The number of ketones is 1. The zero-order valence-electron chi connectivity index (χ0n) is 22.0. The van der Waals surface area contributed by atoms with E-state index in [1.54, 1.807) is 49.5 Å². The molecule has 2 aromatic heterocycles. The van der Waals surface area contributed by atoms with Gasteiger partial charge < -0.3 is 19.4 Å². The highest BCUT2D eigenvalue weighted by Crippen LogP contribution is 2.46. The van der Waals surface area contributed by atoms with Gasteiger partial charge in [-0.1, -0.05) is 6.07 Å². The van der Waals surface area contributed by atoms with E-state index in [0.29, 0.717) is 46.1 Å². The average Bonchev–Trinajstić information content (AvgIpc) is 3.27. The third-order valence-corrected chi connectivity index (χ3v) is 7.31. The first-order chi connectivity index (χ1) is 18.6. The van der Waals surface area contributed by atoms with Gasteiger partial charge in [-0.05, 0) is 68.8 Å². The molecule has 0 fully saturated rings. The molecule has 2 aromatic carbocycles. The predicted octanol–water partition coefficient (Wildman–Crippen LogP) is 5.88. The first kappa shape index (κ1) is 26.3. The zero-order valence-corrected chi connectivity index (χ0v) is 22.0. The van der Waals surface area contributed by atoms with Crippen LogP contribution in [0.1, 0.15) is 48.3 Å². The summed E-state index contributed by atoms with van der Waals surface area (Å²) in [6, 6.07) is 14.8. The Balaban J connectivity index is 1.49. The zero-order chi connectivity index (χ0) is 27.8. The van der Waals surface area contributed by atoms with Crippen LogP contribution in [0, 0.1) is 12.4 Å². The maximum absolute atomic E-state index is 13.7. The standard InChI is InChI=1S/C31H28FN3O4/c1-30(17-33-3)18-39-29-23(30)16-26(35-28(29)19-7-9-22(32)10-8-19)31(2,37)12-11-24(36)21-14-20-6-5-13-34-27(20)25(15-21)38-4/h5-10,13-16,37H,11-12,17-18H2,1-2,4H3/t30-,31-/m0/s1. The lowest BCUT2D eigenvalue weighted by Gasteiger charge is -2.25. The summed E-state index contributed by atoms with van der Waals surface area (Å²) in [6.07, 6.45) is 1.83. The molecule has 2 atom stereocenters. The van der Waals surface area contributed by atoms with Crippen molar-refractivity contribution < 1.29 is 23.8 Å². The number of aromatic nitrogens is 2. The van der Waals surface area contributed by atoms with Gasteiger partial charge in [0.05, 0.1) is 12.8 Å². The number of ether oxygens (including phenoxy) is 2. The monoisotopic (exact) mass is 525 g/mol. The van der Waals surface area contributed by atoms with Crippen LogP contribution < -0.4 is 9.47 Å². The number of hydrogen-bond acceptors (Lipinski definition) is 6. The minimum atomic E-state index is -1.47. The van der Waals surface area contributed by atoms with Gasteiger partial charge >= 0.3 is 0 Å². The Labute approximate surface area is 226 Å². The summed E-state index contributed by atoms with van der Waals surface area (Å²) in [5.41, 5.74) is 1.30. The Morgan fingerprint density at radius 3 is 2.74 bits per heavy atom. The molecular formula is C31H28FN3O4. The van der Waals surface area contributed by atoms with Gasteiger partial charge in [0.1, 0.15) is 46.1 Å². The van der Waals surface area contributed by atoms with Gasteiger partial charge in [-0.3, -0.25) is 9.78 Å². The number of carbonyl (C=O) groups is 1. The number of nitrogens with zero attached hydrogens (tertiary/aromatic N) is 3. The highest BCUT2D eigenvalue weighted by Gasteiger charge is 2.43. The molecule has 0 saturated heterocycles. The lowest BCUT2D eigenvalue weighted by Crippen LogP contribution is -2.28. The van der Waals surface area contributed by atoms with Crippen molar-refractivity contribution in [2.75, 3.05) is 20.3 Å². The molecule has 5 rings (SSSR count). The number of fused-ring (bicyclic) bond motifs is 2. The highest BCUT2D eigenvalue weighted by molar-refractivity contribution is 6.01. The Kier molecular flexibility index (Phi) is 6.79. The Bertz CT molecular complexity index is 1610. The van der Waals surface area contributed by atoms with Crippen molar-refractivity contribution in [2.24, 2.45) is 0 Å². The quantitative estimate of drug-likeness (QED) is 0.228. The molecule has 1 aliphatic rings. The van der Waals surface area contributed by atoms with Gasteiger partial charge in [0.2, 0.25) is 6.54 Å². The van der Waals surface area contributed by atoms with Crippen molar-refractivity contribution in [3.8, 4) is 22.8 Å². The van der Waals surface area contributed by atoms with Crippen LogP contribution in [0.5, 0.6) is 11.5 Å². The van der Waals surface area contributed by atoms with Crippen LogP contribution in [0.4, 0.5) is 4.39 Å². The third kappa shape index (κ3) is 4.93. The van der Waals surface area contributed by atoms with E-state index >= 15 is 0 Å². The molecule has 39 heavy (non-hydrogen) atoms. The fourth-order valence-electron chi connectivity index (χ4n) is 4.93. The van der Waals surface area contributed by atoms with Gasteiger partial charge in [-0.15, -0.1) is 0 Å². The molecule has 0 bridgehead atoms. The normalized spacial score (nSPS) is 17.6. The van der Waals surface area contributed by atoms with E-state index in [4.69, 9.17) is 21.0 Å². The molecule has 7 nitrogen and oxygen atoms in total. The number of aliphatic hydroxyl groups is 1. The molecule has 3 heterocycles. The Hall–Kier alpha value is -4.35. The molecule has 8 heteroatoms. The molecule has 0 aliphatic carbocycles. The van der Waals surface area contributed by atoms with E-state index in [1.165, 1.54) is 19.2 Å². The van der Waals surface area contributed by atoms with Gasteiger partial charge in [0.25, 0.3) is 0 Å². The largest absolute Gasteiger partial charge is 0.494 e. The van der Waals surface area contributed by atoms with Crippen molar-refractivity contribution in [1.82, 2.24) is 9.97 Å². The molecule has 0 unspecified atom stereocenters. The maximum atomic E-state index is 13.7. The summed E-state index contributed by atoms with van der Waals surface area (Å²) in [5.74, 6) is 0.504. The van der Waals surface area contributed by atoms with Crippen LogP contribution in [0.25, 0.3) is 27.0 Å². The summed E-state index contributed by atoms with van der Waals surface area (Å²) in [7, 11) is 1.53. The lowest BCUT2D eigenvalue weighted by molar-refractivity contribution is 0.0397. The smallest absolute Gasteiger partial charge is 0.227 e. The summed E-state index contributed by atoms with van der Waals surface area (Å²) >= 11 is 0. The van der Waals surface area contributed by atoms with Crippen LogP contribution >= 0.6 is 0 Å². The molecule has 0 saturated carbocycles. The van der Waals surface area contributed by atoms with E-state index in [9.17, 15) is 14.3 Å². The minimum absolute atomic E-state index is 0.0579. The second-order valence-electron chi connectivity index (χ2n) is 10.4. The Morgan fingerprint density at radius 2 is 2.03 bits per heavy atom. The molecular weight excluding hydrogens is 497 g/mol. The molecule has 0 spiro atoms. The summed E-state index contributed by atoms with van der Waals surface area (Å²) < 4.78 is 25.1. The molecule has 1 N–H and O–H groups in total. The SMILES string of the molecule is [C-]#[N+]C[C@@]1(C)COc2c1cc([C@@](C)(O)CCC(=O)c1cc(OC)c3ncccc3c1)nc2-c1ccc(F)cc1. The van der Waals surface area contributed by atoms with Crippen LogP contribution in [0.15, 0.2) is 60.8 Å². The van der Waals surface area contributed by atoms with Crippen LogP contribution in [-0.4, -0.2) is 41.1 Å². The number of halogens is 1. The number of rotatable bonds is 8. The van der Waals surface area contributed by atoms with Gasteiger partial charge in [0, 0.05) is 34.7 Å². The molecule has 0 amide bonds. The maximum Gasteiger partial charge on any atom is 0.227 e. The van der Waals surface area contributed by atoms with Crippen molar-refractivity contribution >= 4 is 16.7 Å². The van der Waals surface area contributed by atoms with E-state index in [2.05, 4.69) is 9.83 Å². The summed E-state index contributed by atoms with van der Waals surface area (Å²) in [4.78, 5) is 25.9. The van der Waals surface area contributed by atoms with E-state index in [0.717, 1.165) is 10.9 Å². The topological polar surface area (TPSA) is 85.9 Å². The van der Waals surface area contributed by atoms with Crippen LogP contribution in [0.2, 0.25) is 0 Å². The fourth-order valence-corrected chi connectivity index (χ4v) is 4.93. The van der Waals surface area contributed by atoms with Crippen molar-refractivity contribution in [3.05, 3.63) is 94.8 Å². The number of methoxy groups -OCH3 is 1. The van der Waals surface area contributed by atoms with E-state index in [-0.39, 0.29) is 31.0 Å². The van der Waals surface area contributed by atoms with Crippen molar-refractivity contribution in [2.45, 2.75) is 37.7 Å². The average molecular weight is 526 g/mol. The highest BCUT2D eigenvalue weighted by atomic mass is 19.1. The number of pyridine rings is 2. The number of benzene rings is 2. The third-order valence-electron chi connectivity index (χ3n) is 7.31. The molecule has 198 valence electrons. The van der Waals surface area contributed by atoms with Gasteiger partial charge in [0.15, 0.2) is 5.78 Å². The van der Waals surface area contributed by atoms with Crippen molar-refractivity contribution in [3.63, 3.8) is 0 Å². The fraction of sp³-hybridized carbons (Fsp3) is 0.290. The van der Waals surface area contributed by atoms with E-state index in [1.807, 2.05) is 13.0 Å². The predicted molar refractivity (Wildman–Crippen MR) is 145 cm³/mol. The molecule has 4 aromatic rings. The van der Waals surface area contributed by atoms with Crippen LogP contribution in [-0.2, 0) is 11.0 Å². The van der Waals surface area contributed by atoms with Crippen molar-refractivity contribution in [1.29, 1.82) is 0 Å². The molecule has 0 radical (unpaired) electrons. The first-order valence-electron chi connectivity index (χ1n) is 12.6. The molecule has 1 aliphatic heterocycles. The first-order valence-corrected chi connectivity index (χ1v) is 12.6. The van der Waals surface area contributed by atoms with Gasteiger partial charge in [-0.25, -0.2) is 15.9 Å². The summed E-state index contributed by atoms with van der Waals surface area (Å²) in [5, 5.41) is 12.4. The van der Waals surface area contributed by atoms with Crippen LogP contribution in [0.3, 0.4) is 0 Å². The lowest BCUT2D eigenvalue weighted by atomic mass is 9.82. The second-order valence-corrected chi connectivity index (χ2v) is 10.4. The Morgan fingerprint density at radius 1 is 1.26 bits per heavy atom. The number of Topliss-reactive ketones (excluding diaryl/α,β-unsaturated/α-hetero) is 1. The minimum Gasteiger partial charge on any atom is -0.494 e. The summed E-state index contributed by atoms with van der Waals surface area (Å²) in [6.45, 7) is 11.5. The number of carbonyl (C=O) groups excluding carboxylic acids is 1. The second kappa shape index (κ2) is 10.1. The van der Waals surface area contributed by atoms with Gasteiger partial charge in [-0.2, -0.15) is 0 Å². The van der Waals surface area contributed by atoms with E-state index < -0.39 is 11.0 Å².